The molecule has 0 N–H and O–H groups in total. The Hall–Kier alpha value is -0.440. The first-order valence-corrected chi connectivity index (χ1v) is 5.58. The van der Waals surface area contributed by atoms with Gasteiger partial charge in [-0.15, -0.1) is 11.6 Å². The van der Waals surface area contributed by atoms with Gasteiger partial charge in [0.25, 0.3) is 0 Å². The summed E-state index contributed by atoms with van der Waals surface area (Å²) in [4.78, 5) is 10.9. The van der Waals surface area contributed by atoms with E-state index in [0.29, 0.717) is 15.8 Å². The Morgan fingerprint density at radius 3 is 2.73 bits per heavy atom. The molecule has 0 saturated heterocycles. The highest BCUT2D eigenvalue weighted by molar-refractivity contribution is 6.42. The maximum Gasteiger partial charge on any atom is 0.150 e. The fourth-order valence-electron chi connectivity index (χ4n) is 0.937. The monoisotopic (exact) mass is 266 g/mol. The van der Waals surface area contributed by atoms with Crippen LogP contribution in [0.2, 0.25) is 10.0 Å². The largest absolute Gasteiger partial charge is 0.492 e. The number of rotatable bonds is 5. The lowest BCUT2D eigenvalue weighted by Crippen LogP contribution is -2.07. The van der Waals surface area contributed by atoms with Crippen LogP contribution in [0.25, 0.3) is 0 Å². The Balaban J connectivity index is 2.51. The summed E-state index contributed by atoms with van der Waals surface area (Å²) in [5.41, 5.74) is 0. The number of ether oxygens (including phenoxy) is 1. The van der Waals surface area contributed by atoms with E-state index in [-0.39, 0.29) is 24.7 Å². The number of halogens is 3. The smallest absolute Gasteiger partial charge is 0.150 e. The van der Waals surface area contributed by atoms with Crippen molar-refractivity contribution in [3.05, 3.63) is 28.2 Å². The van der Waals surface area contributed by atoms with E-state index in [9.17, 15) is 4.79 Å². The number of benzene rings is 1. The highest BCUT2D eigenvalue weighted by Gasteiger charge is 2.06. The Kier molecular flexibility index (Phi) is 5.23. The van der Waals surface area contributed by atoms with Gasteiger partial charge < -0.3 is 4.74 Å². The molecular formula is C10H9Cl3O2. The quantitative estimate of drug-likeness (QED) is 0.762. The third-order valence-corrected chi connectivity index (χ3v) is 2.80. The van der Waals surface area contributed by atoms with Crippen LogP contribution in [0.3, 0.4) is 0 Å². The Morgan fingerprint density at radius 2 is 2.07 bits per heavy atom. The molecule has 0 fully saturated rings. The van der Waals surface area contributed by atoms with Crippen molar-refractivity contribution >= 4 is 40.6 Å². The number of alkyl halides is 1. The van der Waals surface area contributed by atoms with Crippen LogP contribution < -0.4 is 4.74 Å². The molecule has 0 heterocycles. The maximum atomic E-state index is 10.9. The molecule has 0 amide bonds. The van der Waals surface area contributed by atoms with Gasteiger partial charge in [0.1, 0.15) is 10.8 Å². The first kappa shape index (κ1) is 12.6. The molecule has 15 heavy (non-hydrogen) atoms. The summed E-state index contributed by atoms with van der Waals surface area (Å²) in [6.07, 6.45) is 0.270. The lowest BCUT2D eigenvalue weighted by Gasteiger charge is -2.07. The summed E-state index contributed by atoms with van der Waals surface area (Å²) in [6, 6.07) is 5.09. The van der Waals surface area contributed by atoms with Crippen molar-refractivity contribution in [2.75, 3.05) is 12.5 Å². The molecule has 0 radical (unpaired) electrons. The summed E-state index contributed by atoms with van der Waals surface area (Å²) >= 11 is 17.0. The molecule has 82 valence electrons. The number of ketones is 1. The second-order valence-corrected chi connectivity index (χ2v) is 3.88. The molecule has 0 unspecified atom stereocenters. The van der Waals surface area contributed by atoms with Crippen LogP contribution in [0, 0.1) is 0 Å². The first-order valence-electron chi connectivity index (χ1n) is 4.29. The number of carbonyl (C=O) groups excluding carboxylic acids is 1. The van der Waals surface area contributed by atoms with Crippen LogP contribution in [0.5, 0.6) is 5.75 Å². The van der Waals surface area contributed by atoms with Crippen molar-refractivity contribution in [2.45, 2.75) is 6.42 Å². The second kappa shape index (κ2) is 6.21. The lowest BCUT2D eigenvalue weighted by molar-refractivity contribution is -0.117. The molecule has 2 nitrogen and oxygen atoms in total. The Morgan fingerprint density at radius 1 is 1.33 bits per heavy atom. The molecule has 5 heteroatoms. The van der Waals surface area contributed by atoms with Crippen molar-refractivity contribution in [2.24, 2.45) is 0 Å². The zero-order valence-corrected chi connectivity index (χ0v) is 10.1. The van der Waals surface area contributed by atoms with Gasteiger partial charge in [-0.25, -0.2) is 0 Å². The first-order chi connectivity index (χ1) is 7.15. The van der Waals surface area contributed by atoms with E-state index >= 15 is 0 Å². The van der Waals surface area contributed by atoms with Gasteiger partial charge in [0.05, 0.1) is 17.5 Å². The van der Waals surface area contributed by atoms with Gasteiger partial charge in [0.2, 0.25) is 0 Å². The molecule has 0 aliphatic carbocycles. The molecule has 1 rings (SSSR count). The minimum atomic E-state index is -0.0604. The van der Waals surface area contributed by atoms with Gasteiger partial charge in [-0.1, -0.05) is 29.3 Å². The van der Waals surface area contributed by atoms with Gasteiger partial charge in [0.15, 0.2) is 5.78 Å². The normalized spacial score (nSPS) is 10.1. The molecule has 0 aliphatic heterocycles. The predicted octanol–water partition coefficient (Wildman–Crippen LogP) is 3.57. The number of Topliss-reactive ketones (excluding diaryl/α,β-unsaturated/α-hetero) is 1. The average molecular weight is 268 g/mol. The van der Waals surface area contributed by atoms with E-state index in [4.69, 9.17) is 39.5 Å². The minimum Gasteiger partial charge on any atom is -0.492 e. The van der Waals surface area contributed by atoms with E-state index in [1.54, 1.807) is 18.2 Å². The maximum absolute atomic E-state index is 10.9. The van der Waals surface area contributed by atoms with Crippen LogP contribution in [0.1, 0.15) is 6.42 Å². The standard InChI is InChI=1S/C10H9Cl3O2/c11-6-7(14)4-5-15-9-3-1-2-8(12)10(9)13/h1-3H,4-6H2. The number of hydrogen-bond acceptors (Lipinski definition) is 2. The molecule has 0 spiro atoms. The molecule has 0 aromatic heterocycles. The fourth-order valence-corrected chi connectivity index (χ4v) is 1.42. The summed E-state index contributed by atoms with van der Waals surface area (Å²) < 4.78 is 5.29. The highest BCUT2D eigenvalue weighted by Crippen LogP contribution is 2.31. The van der Waals surface area contributed by atoms with Gasteiger partial charge in [0, 0.05) is 6.42 Å². The average Bonchev–Trinajstić information content (AvgIpc) is 2.24. The zero-order chi connectivity index (χ0) is 11.3. The summed E-state index contributed by atoms with van der Waals surface area (Å²) in [6.45, 7) is 0.256. The van der Waals surface area contributed by atoms with Gasteiger partial charge >= 0.3 is 0 Å². The molecule has 0 bridgehead atoms. The highest BCUT2D eigenvalue weighted by atomic mass is 35.5. The third kappa shape index (κ3) is 3.90. The van der Waals surface area contributed by atoms with Crippen molar-refractivity contribution in [1.82, 2.24) is 0 Å². The Labute approximate surface area is 103 Å². The van der Waals surface area contributed by atoms with Crippen molar-refractivity contribution in [1.29, 1.82) is 0 Å². The SMILES string of the molecule is O=C(CCl)CCOc1cccc(Cl)c1Cl. The van der Waals surface area contributed by atoms with Crippen LogP contribution in [-0.4, -0.2) is 18.3 Å². The number of hydrogen-bond donors (Lipinski definition) is 0. The van der Waals surface area contributed by atoms with Crippen LogP contribution >= 0.6 is 34.8 Å². The summed E-state index contributed by atoms with van der Waals surface area (Å²) in [5, 5.41) is 0.787. The minimum absolute atomic E-state index is 0.00659. The van der Waals surface area contributed by atoms with E-state index < -0.39 is 0 Å². The van der Waals surface area contributed by atoms with E-state index in [2.05, 4.69) is 0 Å². The lowest BCUT2D eigenvalue weighted by atomic mass is 10.3. The summed E-state index contributed by atoms with van der Waals surface area (Å²) in [5.74, 6) is 0.425. The molecular weight excluding hydrogens is 258 g/mol. The molecule has 0 atom stereocenters. The molecule has 1 aromatic rings. The second-order valence-electron chi connectivity index (χ2n) is 2.82. The summed E-state index contributed by atoms with van der Waals surface area (Å²) in [7, 11) is 0. The fraction of sp³-hybridized carbons (Fsp3) is 0.300. The third-order valence-electron chi connectivity index (χ3n) is 1.70. The molecule has 1 aromatic carbocycles. The molecule has 0 saturated carbocycles. The van der Waals surface area contributed by atoms with Crippen molar-refractivity contribution in [3.8, 4) is 5.75 Å². The number of carbonyl (C=O) groups is 1. The van der Waals surface area contributed by atoms with E-state index in [0.717, 1.165) is 0 Å². The molecule has 0 aliphatic rings. The van der Waals surface area contributed by atoms with Gasteiger partial charge in [-0.05, 0) is 12.1 Å². The zero-order valence-electron chi connectivity index (χ0n) is 7.80. The van der Waals surface area contributed by atoms with Crippen LogP contribution in [-0.2, 0) is 4.79 Å². The van der Waals surface area contributed by atoms with Crippen LogP contribution in [0.4, 0.5) is 0 Å². The Bertz CT molecular complexity index is 353. The van der Waals surface area contributed by atoms with E-state index in [1.165, 1.54) is 0 Å². The van der Waals surface area contributed by atoms with Gasteiger partial charge in [-0.2, -0.15) is 0 Å². The van der Waals surface area contributed by atoms with Gasteiger partial charge in [-0.3, -0.25) is 4.79 Å². The van der Waals surface area contributed by atoms with Crippen molar-refractivity contribution < 1.29 is 9.53 Å². The van der Waals surface area contributed by atoms with E-state index in [1.807, 2.05) is 0 Å². The topological polar surface area (TPSA) is 26.3 Å². The predicted molar refractivity (Wildman–Crippen MR) is 62.3 cm³/mol. The van der Waals surface area contributed by atoms with Crippen molar-refractivity contribution in [3.63, 3.8) is 0 Å². The van der Waals surface area contributed by atoms with Crippen LogP contribution in [0.15, 0.2) is 18.2 Å².